The van der Waals surface area contributed by atoms with Gasteiger partial charge in [0.1, 0.15) is 11.6 Å². The van der Waals surface area contributed by atoms with Gasteiger partial charge in [-0.3, -0.25) is 0 Å². The first-order valence-electron chi connectivity index (χ1n) is 5.97. The fourth-order valence-corrected chi connectivity index (χ4v) is 2.13. The maximum absolute atomic E-state index is 13.0. The van der Waals surface area contributed by atoms with Crippen LogP contribution in [0.5, 0.6) is 5.75 Å². The Morgan fingerprint density at radius 2 is 2.35 bits per heavy atom. The lowest BCUT2D eigenvalue weighted by atomic mass is 10.0. The van der Waals surface area contributed by atoms with Gasteiger partial charge >= 0.3 is 0 Å². The number of hydrogen-bond donors (Lipinski definition) is 2. The molecule has 0 aliphatic carbocycles. The molecule has 1 aromatic rings. The van der Waals surface area contributed by atoms with Gasteiger partial charge in [0.2, 0.25) is 0 Å². The van der Waals surface area contributed by atoms with Gasteiger partial charge in [-0.05, 0) is 38.0 Å². The molecule has 1 aliphatic heterocycles. The number of rotatable bonds is 3. The Bertz CT molecular complexity index is 384. The molecule has 1 aromatic carbocycles. The standard InChI is InChI=1S/C13H18FNO2/c1-9-6-12(4-5-17-9)15-8-10-7-11(14)2-3-13(10)16/h2-3,7,9,12,15-16H,4-6,8H2,1H3. The zero-order valence-corrected chi connectivity index (χ0v) is 9.95. The van der Waals surface area contributed by atoms with Crippen LogP contribution in [0.1, 0.15) is 25.3 Å². The molecule has 0 bridgehead atoms. The van der Waals surface area contributed by atoms with E-state index in [1.165, 1.54) is 18.2 Å². The zero-order chi connectivity index (χ0) is 12.3. The minimum atomic E-state index is -0.319. The Balaban J connectivity index is 1.90. The summed E-state index contributed by atoms with van der Waals surface area (Å²) in [6.45, 7) is 3.29. The van der Waals surface area contributed by atoms with Crippen molar-refractivity contribution in [3.05, 3.63) is 29.6 Å². The van der Waals surface area contributed by atoms with Crippen LogP contribution in [0.2, 0.25) is 0 Å². The molecule has 0 spiro atoms. The molecule has 2 N–H and O–H groups in total. The Morgan fingerprint density at radius 1 is 1.53 bits per heavy atom. The third-order valence-corrected chi connectivity index (χ3v) is 3.11. The molecule has 17 heavy (non-hydrogen) atoms. The van der Waals surface area contributed by atoms with Crippen molar-refractivity contribution in [2.45, 2.75) is 38.5 Å². The number of nitrogens with one attached hydrogen (secondary N) is 1. The number of hydrogen-bond acceptors (Lipinski definition) is 3. The quantitative estimate of drug-likeness (QED) is 0.849. The summed E-state index contributed by atoms with van der Waals surface area (Å²) in [5, 5.41) is 12.9. The molecule has 0 saturated carbocycles. The average molecular weight is 239 g/mol. The first-order chi connectivity index (χ1) is 8.15. The van der Waals surface area contributed by atoms with E-state index >= 15 is 0 Å². The maximum Gasteiger partial charge on any atom is 0.123 e. The fraction of sp³-hybridized carbons (Fsp3) is 0.538. The lowest BCUT2D eigenvalue weighted by Crippen LogP contribution is -2.37. The highest BCUT2D eigenvalue weighted by Crippen LogP contribution is 2.19. The van der Waals surface area contributed by atoms with Crippen LogP contribution < -0.4 is 5.32 Å². The molecular formula is C13H18FNO2. The normalized spacial score (nSPS) is 24.8. The summed E-state index contributed by atoms with van der Waals surface area (Å²) in [6.07, 6.45) is 2.18. The molecule has 2 rings (SSSR count). The second kappa shape index (κ2) is 5.47. The van der Waals surface area contributed by atoms with E-state index in [4.69, 9.17) is 4.74 Å². The van der Waals surface area contributed by atoms with Crippen LogP contribution in [0.25, 0.3) is 0 Å². The topological polar surface area (TPSA) is 41.5 Å². The first kappa shape index (κ1) is 12.3. The first-order valence-corrected chi connectivity index (χ1v) is 5.97. The molecule has 1 heterocycles. The highest BCUT2D eigenvalue weighted by Gasteiger charge is 2.18. The van der Waals surface area contributed by atoms with Crippen molar-refractivity contribution in [3.8, 4) is 5.75 Å². The number of phenolic OH excluding ortho intramolecular Hbond substituents is 1. The molecule has 2 atom stereocenters. The Kier molecular flexibility index (Phi) is 3.97. The minimum Gasteiger partial charge on any atom is -0.508 e. The number of aromatic hydroxyl groups is 1. The number of ether oxygens (including phenoxy) is 1. The van der Waals surface area contributed by atoms with E-state index in [-0.39, 0.29) is 17.7 Å². The second-order valence-electron chi connectivity index (χ2n) is 4.56. The minimum absolute atomic E-state index is 0.138. The number of benzene rings is 1. The second-order valence-corrected chi connectivity index (χ2v) is 4.56. The molecular weight excluding hydrogens is 221 g/mol. The zero-order valence-electron chi connectivity index (χ0n) is 9.95. The SMILES string of the molecule is CC1CC(NCc2cc(F)ccc2O)CCO1. The third-order valence-electron chi connectivity index (χ3n) is 3.11. The number of halogens is 1. The predicted molar refractivity (Wildman–Crippen MR) is 63.3 cm³/mol. The van der Waals surface area contributed by atoms with Gasteiger partial charge in [-0.1, -0.05) is 0 Å². The van der Waals surface area contributed by atoms with E-state index in [0.717, 1.165) is 19.4 Å². The molecule has 1 fully saturated rings. The van der Waals surface area contributed by atoms with E-state index < -0.39 is 0 Å². The Hall–Kier alpha value is -1.13. The van der Waals surface area contributed by atoms with Crippen molar-refractivity contribution in [3.63, 3.8) is 0 Å². The molecule has 2 unspecified atom stereocenters. The van der Waals surface area contributed by atoms with Crippen LogP contribution in [0.15, 0.2) is 18.2 Å². The number of phenols is 1. The van der Waals surface area contributed by atoms with Crippen molar-refractivity contribution in [2.75, 3.05) is 6.61 Å². The van der Waals surface area contributed by atoms with Gasteiger partial charge in [0.25, 0.3) is 0 Å². The van der Waals surface area contributed by atoms with Crippen LogP contribution >= 0.6 is 0 Å². The van der Waals surface area contributed by atoms with Gasteiger partial charge in [-0.25, -0.2) is 4.39 Å². The van der Waals surface area contributed by atoms with Crippen molar-refractivity contribution < 1.29 is 14.2 Å². The highest BCUT2D eigenvalue weighted by atomic mass is 19.1. The van der Waals surface area contributed by atoms with Gasteiger partial charge in [0.05, 0.1) is 6.10 Å². The summed E-state index contributed by atoms with van der Waals surface area (Å²) in [6, 6.07) is 4.39. The van der Waals surface area contributed by atoms with E-state index in [9.17, 15) is 9.50 Å². The van der Waals surface area contributed by atoms with Gasteiger partial charge in [0.15, 0.2) is 0 Å². The monoisotopic (exact) mass is 239 g/mol. The molecule has 3 nitrogen and oxygen atoms in total. The van der Waals surface area contributed by atoms with E-state index in [2.05, 4.69) is 5.32 Å². The summed E-state index contributed by atoms with van der Waals surface area (Å²) < 4.78 is 18.5. The molecule has 0 radical (unpaired) electrons. The summed E-state index contributed by atoms with van der Waals surface area (Å²) in [4.78, 5) is 0. The van der Waals surface area contributed by atoms with E-state index in [1.807, 2.05) is 6.92 Å². The van der Waals surface area contributed by atoms with Crippen molar-refractivity contribution in [1.82, 2.24) is 5.32 Å². The van der Waals surface area contributed by atoms with Gasteiger partial charge in [-0.2, -0.15) is 0 Å². The molecule has 1 saturated heterocycles. The maximum atomic E-state index is 13.0. The summed E-state index contributed by atoms with van der Waals surface area (Å²) in [5.74, 6) is -0.182. The lowest BCUT2D eigenvalue weighted by Gasteiger charge is -2.28. The third kappa shape index (κ3) is 3.41. The summed E-state index contributed by atoms with van der Waals surface area (Å²) in [5.41, 5.74) is 0.601. The lowest BCUT2D eigenvalue weighted by molar-refractivity contribution is 0.0130. The van der Waals surface area contributed by atoms with Crippen LogP contribution in [0, 0.1) is 5.82 Å². The van der Waals surface area contributed by atoms with E-state index in [0.29, 0.717) is 18.2 Å². The molecule has 0 aromatic heterocycles. The Morgan fingerprint density at radius 3 is 3.12 bits per heavy atom. The highest BCUT2D eigenvalue weighted by molar-refractivity contribution is 5.32. The van der Waals surface area contributed by atoms with E-state index in [1.54, 1.807) is 0 Å². The van der Waals surface area contributed by atoms with Crippen LogP contribution in [0.4, 0.5) is 4.39 Å². The molecule has 94 valence electrons. The van der Waals surface area contributed by atoms with Gasteiger partial charge in [0, 0.05) is 24.8 Å². The van der Waals surface area contributed by atoms with Gasteiger partial charge in [-0.15, -0.1) is 0 Å². The molecule has 0 amide bonds. The Labute approximate surface area is 101 Å². The van der Waals surface area contributed by atoms with Crippen molar-refractivity contribution in [1.29, 1.82) is 0 Å². The molecule has 4 heteroatoms. The largest absolute Gasteiger partial charge is 0.508 e. The van der Waals surface area contributed by atoms with Crippen LogP contribution in [0.3, 0.4) is 0 Å². The van der Waals surface area contributed by atoms with Gasteiger partial charge < -0.3 is 15.2 Å². The average Bonchev–Trinajstić information content (AvgIpc) is 2.30. The predicted octanol–water partition coefficient (Wildman–Crippen LogP) is 2.19. The van der Waals surface area contributed by atoms with Crippen molar-refractivity contribution in [2.24, 2.45) is 0 Å². The fourth-order valence-electron chi connectivity index (χ4n) is 2.13. The smallest absolute Gasteiger partial charge is 0.123 e. The summed E-state index contributed by atoms with van der Waals surface area (Å²) in [7, 11) is 0. The van der Waals surface area contributed by atoms with Crippen molar-refractivity contribution >= 4 is 0 Å². The molecule has 1 aliphatic rings. The summed E-state index contributed by atoms with van der Waals surface area (Å²) >= 11 is 0. The van der Waals surface area contributed by atoms with Crippen LogP contribution in [-0.2, 0) is 11.3 Å². The van der Waals surface area contributed by atoms with Crippen LogP contribution in [-0.4, -0.2) is 23.9 Å².